The zero-order chi connectivity index (χ0) is 28.4. The molecule has 3 aromatic heterocycles. The molecular weight excluding hydrogens is 536 g/mol. The minimum atomic E-state index is -0.784. The highest BCUT2D eigenvalue weighted by Gasteiger charge is 2.35. The predicted octanol–water partition coefficient (Wildman–Crippen LogP) is 2.87. The summed E-state index contributed by atoms with van der Waals surface area (Å²) in [6.45, 7) is 1.61. The van der Waals surface area contributed by atoms with Gasteiger partial charge in [0.2, 0.25) is 11.8 Å². The van der Waals surface area contributed by atoms with Gasteiger partial charge in [-0.2, -0.15) is 9.90 Å². The van der Waals surface area contributed by atoms with Crippen LogP contribution >= 0.6 is 11.6 Å². The van der Waals surface area contributed by atoms with Crippen LogP contribution < -0.4 is 15.4 Å². The number of halogens is 1. The number of fused-ring (bicyclic) bond motifs is 1. The Morgan fingerprint density at radius 1 is 1.15 bits per heavy atom. The van der Waals surface area contributed by atoms with Gasteiger partial charge in [0, 0.05) is 43.2 Å². The second-order valence-electron chi connectivity index (χ2n) is 9.25. The van der Waals surface area contributed by atoms with Crippen molar-refractivity contribution in [3.05, 3.63) is 76.7 Å². The molecule has 0 fully saturated rings. The number of nitrogens with zero attached hydrogens (tertiary/aromatic N) is 6. The number of carbonyl (C=O) groups is 2. The lowest BCUT2D eigenvalue weighted by molar-refractivity contribution is -0.126. The molecule has 13 heteroatoms. The number of aryl methyl sites for hydroxylation is 1. The van der Waals surface area contributed by atoms with Crippen molar-refractivity contribution in [2.45, 2.75) is 25.6 Å². The highest BCUT2D eigenvalue weighted by atomic mass is 35.5. The van der Waals surface area contributed by atoms with Gasteiger partial charge in [0.15, 0.2) is 5.82 Å². The summed E-state index contributed by atoms with van der Waals surface area (Å²) in [5.41, 5.74) is 3.34. The predicted molar refractivity (Wildman–Crippen MR) is 147 cm³/mol. The lowest BCUT2D eigenvalue weighted by atomic mass is 10.0. The monoisotopic (exact) mass is 562 g/mol. The number of rotatable bonds is 9. The second kappa shape index (κ2) is 11.3. The number of carbonyl (C=O) groups excluding carboxylic acids is 2. The molecule has 5 rings (SSSR count). The van der Waals surface area contributed by atoms with Gasteiger partial charge in [0.1, 0.15) is 11.9 Å². The van der Waals surface area contributed by atoms with Gasteiger partial charge in [0.25, 0.3) is 5.91 Å². The van der Waals surface area contributed by atoms with Gasteiger partial charge in [-0.25, -0.2) is 9.97 Å². The zero-order valence-corrected chi connectivity index (χ0v) is 22.8. The quantitative estimate of drug-likeness (QED) is 0.280. The average Bonchev–Trinajstić information content (AvgIpc) is 3.53. The summed E-state index contributed by atoms with van der Waals surface area (Å²) in [4.78, 5) is 37.9. The van der Waals surface area contributed by atoms with Gasteiger partial charge in [-0.1, -0.05) is 23.7 Å². The number of nitrogens with one attached hydrogen (secondary N) is 2. The third kappa shape index (κ3) is 5.44. The highest BCUT2D eigenvalue weighted by Crippen LogP contribution is 2.34. The van der Waals surface area contributed by atoms with Gasteiger partial charge in [-0.15, -0.1) is 5.10 Å². The SMILES string of the molecule is COc1cc([C@@H](CO)NC(=O)[C@@H](C)N2Cc3ccc(-c4cc(Nc5cnn(C)n5)ncc4Cl)cc3C2=O)ccn1. The molecule has 1 aliphatic heterocycles. The van der Waals surface area contributed by atoms with Crippen molar-refractivity contribution >= 4 is 35.1 Å². The number of amides is 2. The van der Waals surface area contributed by atoms with E-state index >= 15 is 0 Å². The molecule has 0 aliphatic carbocycles. The normalized spacial score (nSPS) is 14.0. The lowest BCUT2D eigenvalue weighted by Gasteiger charge is -2.26. The first-order chi connectivity index (χ1) is 19.3. The van der Waals surface area contributed by atoms with E-state index in [4.69, 9.17) is 16.3 Å². The fraction of sp³-hybridized carbons (Fsp3) is 0.259. The molecule has 1 aromatic carbocycles. The molecule has 0 radical (unpaired) electrons. The van der Waals surface area contributed by atoms with Gasteiger partial charge in [-0.3, -0.25) is 9.59 Å². The minimum absolute atomic E-state index is 0.270. The number of aliphatic hydroxyl groups is 1. The molecular formula is C27H27ClN8O4. The molecule has 40 heavy (non-hydrogen) atoms. The molecule has 206 valence electrons. The van der Waals surface area contributed by atoms with E-state index in [1.807, 2.05) is 12.1 Å². The Morgan fingerprint density at radius 3 is 2.70 bits per heavy atom. The van der Waals surface area contributed by atoms with Crippen LogP contribution in [0.2, 0.25) is 5.02 Å². The van der Waals surface area contributed by atoms with Crippen LogP contribution in [-0.4, -0.2) is 66.5 Å². The first-order valence-corrected chi connectivity index (χ1v) is 12.8. The van der Waals surface area contributed by atoms with Crippen molar-refractivity contribution in [3.63, 3.8) is 0 Å². The third-order valence-corrected chi connectivity index (χ3v) is 6.98. The van der Waals surface area contributed by atoms with Crippen LogP contribution in [0.15, 0.2) is 55.0 Å². The third-order valence-electron chi connectivity index (χ3n) is 6.68. The maximum Gasteiger partial charge on any atom is 0.255 e. The number of pyridine rings is 2. The van der Waals surface area contributed by atoms with Crippen molar-refractivity contribution in [1.29, 1.82) is 0 Å². The largest absolute Gasteiger partial charge is 0.481 e. The van der Waals surface area contributed by atoms with Crippen molar-refractivity contribution in [3.8, 4) is 17.0 Å². The van der Waals surface area contributed by atoms with Gasteiger partial charge < -0.3 is 25.4 Å². The van der Waals surface area contributed by atoms with Crippen LogP contribution in [0.25, 0.3) is 11.1 Å². The summed E-state index contributed by atoms with van der Waals surface area (Å²) in [5.74, 6) is 0.748. The summed E-state index contributed by atoms with van der Waals surface area (Å²) < 4.78 is 5.14. The smallest absolute Gasteiger partial charge is 0.255 e. The Hall–Kier alpha value is -4.55. The Morgan fingerprint density at radius 2 is 1.98 bits per heavy atom. The molecule has 2 amide bonds. The molecule has 0 bridgehead atoms. The van der Waals surface area contributed by atoms with Crippen LogP contribution in [0.5, 0.6) is 5.88 Å². The maximum absolute atomic E-state index is 13.4. The lowest BCUT2D eigenvalue weighted by Crippen LogP contribution is -2.46. The fourth-order valence-electron chi connectivity index (χ4n) is 4.49. The Balaban J connectivity index is 1.32. The van der Waals surface area contributed by atoms with Crippen LogP contribution in [0.3, 0.4) is 0 Å². The topological polar surface area (TPSA) is 147 Å². The number of hydrogen-bond donors (Lipinski definition) is 3. The molecule has 4 heterocycles. The van der Waals surface area contributed by atoms with Gasteiger partial charge in [-0.05, 0) is 41.8 Å². The molecule has 0 saturated heterocycles. The van der Waals surface area contributed by atoms with Crippen molar-refractivity contribution < 1.29 is 19.4 Å². The van der Waals surface area contributed by atoms with Crippen molar-refractivity contribution in [2.75, 3.05) is 19.0 Å². The van der Waals surface area contributed by atoms with Crippen LogP contribution in [0.1, 0.15) is 34.5 Å². The number of methoxy groups -OCH3 is 1. The van der Waals surface area contributed by atoms with E-state index in [0.29, 0.717) is 39.2 Å². The number of hydrogen-bond acceptors (Lipinski definition) is 9. The maximum atomic E-state index is 13.4. The van der Waals surface area contributed by atoms with E-state index < -0.39 is 18.0 Å². The van der Waals surface area contributed by atoms with Crippen molar-refractivity contribution in [2.24, 2.45) is 7.05 Å². The highest BCUT2D eigenvalue weighted by molar-refractivity contribution is 6.33. The fourth-order valence-corrected chi connectivity index (χ4v) is 4.70. The summed E-state index contributed by atoms with van der Waals surface area (Å²) in [7, 11) is 3.20. The van der Waals surface area contributed by atoms with E-state index in [9.17, 15) is 14.7 Å². The van der Waals surface area contributed by atoms with Crippen molar-refractivity contribution in [1.82, 2.24) is 35.2 Å². The van der Waals surface area contributed by atoms with Crippen LogP contribution in [0.4, 0.5) is 11.6 Å². The number of benzene rings is 1. The van der Waals surface area contributed by atoms with E-state index in [-0.39, 0.29) is 19.1 Å². The molecule has 0 saturated carbocycles. The Bertz CT molecular complexity index is 1580. The summed E-state index contributed by atoms with van der Waals surface area (Å²) in [6, 6.07) is 9.15. The first-order valence-electron chi connectivity index (χ1n) is 12.4. The molecule has 0 unspecified atom stereocenters. The standard InChI is InChI=1S/C27H27ClN8O4/c1-15(26(38)32-22(14-37)17-6-7-29-25(9-17)40-3)36-13-18-5-4-16(8-20(18)27(36)39)19-10-23(30-11-21(19)28)33-24-12-31-35(2)34-24/h4-12,15,22,37H,13-14H2,1-3H3,(H,32,38)(H,30,33,34)/t15-,22-/m1/s1. The molecule has 3 N–H and O–H groups in total. The molecule has 0 spiro atoms. The molecule has 12 nitrogen and oxygen atoms in total. The van der Waals surface area contributed by atoms with Crippen LogP contribution in [0, 0.1) is 0 Å². The summed E-state index contributed by atoms with van der Waals surface area (Å²) >= 11 is 6.47. The zero-order valence-electron chi connectivity index (χ0n) is 22.0. The number of anilines is 2. The first kappa shape index (κ1) is 27.0. The Labute approximate surface area is 235 Å². The minimum Gasteiger partial charge on any atom is -0.481 e. The summed E-state index contributed by atoms with van der Waals surface area (Å²) in [5, 5.41) is 24.5. The molecule has 4 aromatic rings. The number of ether oxygens (including phenoxy) is 1. The summed E-state index contributed by atoms with van der Waals surface area (Å²) in [6.07, 6.45) is 4.64. The van der Waals surface area contributed by atoms with Gasteiger partial charge in [0.05, 0.1) is 31.0 Å². The van der Waals surface area contributed by atoms with Crippen LogP contribution in [-0.2, 0) is 18.4 Å². The second-order valence-corrected chi connectivity index (χ2v) is 9.66. The average molecular weight is 563 g/mol. The van der Waals surface area contributed by atoms with E-state index in [0.717, 1.165) is 11.1 Å². The van der Waals surface area contributed by atoms with Gasteiger partial charge >= 0.3 is 0 Å². The Kier molecular flexibility index (Phi) is 7.63. The number of aliphatic hydroxyl groups excluding tert-OH is 1. The van der Waals surface area contributed by atoms with E-state index in [2.05, 4.69) is 30.8 Å². The molecule has 1 aliphatic rings. The number of aromatic nitrogens is 5. The van der Waals surface area contributed by atoms with E-state index in [1.54, 1.807) is 44.4 Å². The van der Waals surface area contributed by atoms with E-state index in [1.165, 1.54) is 29.2 Å². The molecule has 2 atom stereocenters.